The van der Waals surface area contributed by atoms with Gasteiger partial charge in [0.05, 0.1) is 12.8 Å². The van der Waals surface area contributed by atoms with Crippen LogP contribution in [-0.2, 0) is 6.54 Å². The molecule has 0 saturated carbocycles. The maximum absolute atomic E-state index is 12.1. The van der Waals surface area contributed by atoms with Crippen molar-refractivity contribution in [2.24, 2.45) is 0 Å². The van der Waals surface area contributed by atoms with Crippen molar-refractivity contribution in [1.82, 2.24) is 15.3 Å². The second-order valence-corrected chi connectivity index (χ2v) is 5.29. The first-order valence-electron chi connectivity index (χ1n) is 7.79. The van der Waals surface area contributed by atoms with Crippen LogP contribution in [0, 0.1) is 0 Å². The molecule has 3 rings (SSSR count). The summed E-state index contributed by atoms with van der Waals surface area (Å²) >= 11 is 0. The van der Waals surface area contributed by atoms with Gasteiger partial charge in [0, 0.05) is 42.5 Å². The van der Waals surface area contributed by atoms with Crippen LogP contribution in [0.5, 0.6) is 5.75 Å². The lowest BCUT2D eigenvalue weighted by molar-refractivity contribution is 0.251. The van der Waals surface area contributed by atoms with E-state index in [4.69, 9.17) is 4.74 Å². The highest BCUT2D eigenvalue weighted by atomic mass is 16.5. The minimum absolute atomic E-state index is 0.297. The molecule has 0 aliphatic rings. The van der Waals surface area contributed by atoms with E-state index in [1.165, 1.54) is 0 Å². The predicted molar refractivity (Wildman–Crippen MR) is 96.3 cm³/mol. The molecular weight excluding hydrogens is 316 g/mol. The van der Waals surface area contributed by atoms with Crippen LogP contribution in [0.25, 0.3) is 11.3 Å². The summed E-state index contributed by atoms with van der Waals surface area (Å²) in [5.41, 5.74) is 3.29. The first-order chi connectivity index (χ1) is 12.3. The molecule has 0 bridgehead atoms. The van der Waals surface area contributed by atoms with Crippen LogP contribution in [0.15, 0.2) is 67.1 Å². The van der Waals surface area contributed by atoms with Crippen molar-refractivity contribution >= 4 is 11.7 Å². The van der Waals surface area contributed by atoms with Crippen LogP contribution >= 0.6 is 0 Å². The molecule has 2 N–H and O–H groups in total. The van der Waals surface area contributed by atoms with E-state index in [1.54, 1.807) is 37.8 Å². The summed E-state index contributed by atoms with van der Waals surface area (Å²) in [6, 6.07) is 14.5. The normalized spacial score (nSPS) is 10.1. The monoisotopic (exact) mass is 334 g/mol. The molecule has 2 amide bonds. The van der Waals surface area contributed by atoms with Crippen molar-refractivity contribution < 1.29 is 9.53 Å². The second kappa shape index (κ2) is 7.92. The van der Waals surface area contributed by atoms with Crippen molar-refractivity contribution in [3.05, 3.63) is 72.7 Å². The summed E-state index contributed by atoms with van der Waals surface area (Å²) in [5, 5.41) is 5.63. The van der Waals surface area contributed by atoms with Gasteiger partial charge in [-0.2, -0.15) is 0 Å². The average Bonchev–Trinajstić information content (AvgIpc) is 2.67. The van der Waals surface area contributed by atoms with Crippen LogP contribution in [0.1, 0.15) is 5.56 Å². The van der Waals surface area contributed by atoms with Crippen LogP contribution in [-0.4, -0.2) is 23.1 Å². The molecular formula is C19H18N4O2. The summed E-state index contributed by atoms with van der Waals surface area (Å²) in [4.78, 5) is 20.7. The van der Waals surface area contributed by atoms with Crippen LogP contribution in [0.3, 0.4) is 0 Å². The second-order valence-electron chi connectivity index (χ2n) is 5.29. The van der Waals surface area contributed by atoms with E-state index in [-0.39, 0.29) is 6.03 Å². The topological polar surface area (TPSA) is 76.1 Å². The van der Waals surface area contributed by atoms with Crippen LogP contribution in [0.2, 0.25) is 0 Å². The molecule has 0 saturated heterocycles. The molecule has 6 heteroatoms. The number of carbonyl (C=O) groups excluding carboxylic acids is 1. The maximum Gasteiger partial charge on any atom is 0.319 e. The van der Waals surface area contributed by atoms with Gasteiger partial charge in [0.25, 0.3) is 0 Å². The molecule has 25 heavy (non-hydrogen) atoms. The smallest absolute Gasteiger partial charge is 0.319 e. The number of aromatic nitrogens is 2. The Balaban J connectivity index is 1.66. The Morgan fingerprint density at radius 1 is 1.12 bits per heavy atom. The zero-order valence-corrected chi connectivity index (χ0v) is 13.8. The quantitative estimate of drug-likeness (QED) is 0.749. The van der Waals surface area contributed by atoms with Gasteiger partial charge >= 0.3 is 6.03 Å². The number of urea groups is 1. The number of pyridine rings is 2. The van der Waals surface area contributed by atoms with E-state index in [9.17, 15) is 4.79 Å². The molecule has 0 radical (unpaired) electrons. The zero-order chi connectivity index (χ0) is 17.5. The Labute approximate surface area is 145 Å². The molecule has 6 nitrogen and oxygen atoms in total. The third-order valence-electron chi connectivity index (χ3n) is 3.59. The predicted octanol–water partition coefficient (Wildman–Crippen LogP) is 3.47. The number of benzene rings is 1. The largest absolute Gasteiger partial charge is 0.497 e. The fourth-order valence-electron chi connectivity index (χ4n) is 2.40. The molecule has 126 valence electrons. The van der Waals surface area contributed by atoms with Gasteiger partial charge in [-0.1, -0.05) is 12.1 Å². The van der Waals surface area contributed by atoms with Gasteiger partial charge in [-0.25, -0.2) is 4.79 Å². The zero-order valence-electron chi connectivity index (χ0n) is 13.8. The summed E-state index contributed by atoms with van der Waals surface area (Å²) < 4.78 is 5.14. The highest BCUT2D eigenvalue weighted by molar-refractivity contribution is 5.89. The van der Waals surface area contributed by atoms with Crippen LogP contribution < -0.4 is 15.4 Å². The van der Waals surface area contributed by atoms with Crippen molar-refractivity contribution in [3.8, 4) is 17.0 Å². The highest BCUT2D eigenvalue weighted by Crippen LogP contribution is 2.20. The minimum Gasteiger partial charge on any atom is -0.497 e. The third-order valence-corrected chi connectivity index (χ3v) is 3.59. The molecule has 2 aromatic heterocycles. The summed E-state index contributed by atoms with van der Waals surface area (Å²) in [5.74, 6) is 0.684. The number of anilines is 1. The third kappa shape index (κ3) is 4.32. The average molecular weight is 334 g/mol. The van der Waals surface area contributed by atoms with Crippen molar-refractivity contribution in [2.45, 2.75) is 6.54 Å². The summed E-state index contributed by atoms with van der Waals surface area (Å²) in [6.07, 6.45) is 5.19. The molecule has 0 unspecified atom stereocenters. The fourth-order valence-corrected chi connectivity index (χ4v) is 2.40. The molecule has 1 aromatic carbocycles. The number of nitrogens with zero attached hydrogens (tertiary/aromatic N) is 2. The van der Waals surface area contributed by atoms with E-state index in [0.717, 1.165) is 16.8 Å². The van der Waals surface area contributed by atoms with Gasteiger partial charge in [0.2, 0.25) is 0 Å². The Kier molecular flexibility index (Phi) is 5.21. The van der Waals surface area contributed by atoms with E-state index in [2.05, 4.69) is 20.6 Å². The molecule has 3 aromatic rings. The highest BCUT2D eigenvalue weighted by Gasteiger charge is 2.08. The van der Waals surface area contributed by atoms with Gasteiger partial charge in [0.15, 0.2) is 0 Å². The molecule has 0 atom stereocenters. The van der Waals surface area contributed by atoms with E-state index >= 15 is 0 Å². The number of methoxy groups -OCH3 is 1. The standard InChI is InChI=1S/C19H18N4O2/c1-25-17-8-2-7-16(11-17)23-19(24)22-13-15-6-4-10-21-18(15)14-5-3-9-20-12-14/h2-12H,13H2,1H3,(H2,22,23,24). The summed E-state index contributed by atoms with van der Waals surface area (Å²) in [7, 11) is 1.58. The lowest BCUT2D eigenvalue weighted by atomic mass is 10.1. The van der Waals surface area contributed by atoms with Gasteiger partial charge in [-0.05, 0) is 35.9 Å². The maximum atomic E-state index is 12.1. The van der Waals surface area contributed by atoms with Crippen molar-refractivity contribution in [3.63, 3.8) is 0 Å². The van der Waals surface area contributed by atoms with E-state index in [0.29, 0.717) is 18.0 Å². The molecule has 0 aliphatic carbocycles. The SMILES string of the molecule is COc1cccc(NC(=O)NCc2cccnc2-c2cccnc2)c1. The lowest BCUT2D eigenvalue weighted by Gasteiger charge is -2.11. The first kappa shape index (κ1) is 16.4. The first-order valence-corrected chi connectivity index (χ1v) is 7.79. The van der Waals surface area contributed by atoms with Crippen LogP contribution in [0.4, 0.5) is 10.5 Å². The summed E-state index contributed by atoms with van der Waals surface area (Å²) in [6.45, 7) is 0.355. The number of nitrogens with one attached hydrogen (secondary N) is 2. The van der Waals surface area contributed by atoms with Crippen molar-refractivity contribution in [2.75, 3.05) is 12.4 Å². The molecule has 2 heterocycles. The molecule has 0 fully saturated rings. The van der Waals surface area contributed by atoms with Gasteiger partial charge in [-0.15, -0.1) is 0 Å². The van der Waals surface area contributed by atoms with Gasteiger partial charge < -0.3 is 15.4 Å². The number of hydrogen-bond donors (Lipinski definition) is 2. The van der Waals surface area contributed by atoms with Crippen molar-refractivity contribution in [1.29, 1.82) is 0 Å². The molecule has 0 aliphatic heterocycles. The number of ether oxygens (including phenoxy) is 1. The Morgan fingerprint density at radius 2 is 2.00 bits per heavy atom. The number of rotatable bonds is 5. The molecule has 0 spiro atoms. The van der Waals surface area contributed by atoms with Gasteiger partial charge in [0.1, 0.15) is 5.75 Å². The number of hydrogen-bond acceptors (Lipinski definition) is 4. The minimum atomic E-state index is -0.297. The van der Waals surface area contributed by atoms with Gasteiger partial charge in [-0.3, -0.25) is 9.97 Å². The Morgan fingerprint density at radius 3 is 2.80 bits per heavy atom. The fraction of sp³-hybridized carbons (Fsp3) is 0.105. The Hall–Kier alpha value is -3.41. The number of carbonyl (C=O) groups is 1. The lowest BCUT2D eigenvalue weighted by Crippen LogP contribution is -2.28. The number of amides is 2. The van der Waals surface area contributed by atoms with E-state index < -0.39 is 0 Å². The Bertz CT molecular complexity index is 853. The van der Waals surface area contributed by atoms with E-state index in [1.807, 2.05) is 36.4 Å².